The molecule has 0 aromatic heterocycles. The third kappa shape index (κ3) is 6.34. The van der Waals surface area contributed by atoms with Crippen molar-refractivity contribution >= 4 is 43.1 Å². The molecule has 3 saturated heterocycles. The minimum Gasteiger partial charge on any atom is -0.374 e. The Labute approximate surface area is 194 Å². The van der Waals surface area contributed by atoms with Gasteiger partial charge in [-0.25, -0.2) is 0 Å². The Morgan fingerprint density at radius 3 is 2.34 bits per heavy atom. The second-order valence-electron chi connectivity index (χ2n) is 9.08. The van der Waals surface area contributed by atoms with Gasteiger partial charge in [-0.3, -0.25) is 14.6 Å². The van der Waals surface area contributed by atoms with Crippen LogP contribution in [0.15, 0.2) is 0 Å². The van der Waals surface area contributed by atoms with E-state index in [9.17, 15) is 4.79 Å². The van der Waals surface area contributed by atoms with E-state index >= 15 is 0 Å². The van der Waals surface area contributed by atoms with Crippen molar-refractivity contribution in [2.45, 2.75) is 45.3 Å². The molecule has 29 heavy (non-hydrogen) atoms. The lowest BCUT2D eigenvalue weighted by molar-refractivity contribution is -0.135. The largest absolute Gasteiger partial charge is 0.374 e. The van der Waals surface area contributed by atoms with Crippen LogP contribution in [0, 0.1) is 11.3 Å². The smallest absolute Gasteiger partial charge is 0.226 e. The zero-order chi connectivity index (χ0) is 18.1. The number of halogens is 3. The molecule has 1 saturated carbocycles. The van der Waals surface area contributed by atoms with Crippen LogP contribution in [0.1, 0.15) is 33.1 Å². The lowest BCUT2D eigenvalue weighted by Crippen LogP contribution is -2.54. The number of nitrogens with zero attached hydrogens (tertiary/aromatic N) is 3. The molecule has 4 aliphatic rings. The number of carbonyl (C=O) groups is 1. The number of morpholine rings is 1. The van der Waals surface area contributed by atoms with Crippen molar-refractivity contribution in [2.75, 3.05) is 65.5 Å². The molecule has 0 aromatic rings. The Morgan fingerprint density at radius 2 is 1.72 bits per heavy atom. The summed E-state index contributed by atoms with van der Waals surface area (Å²) < 4.78 is 5.99. The molecule has 1 N–H and O–H groups in total. The zero-order valence-electron chi connectivity index (χ0n) is 17.8. The number of hydrogen-bond acceptors (Lipinski definition) is 5. The monoisotopic (exact) mass is 472 g/mol. The van der Waals surface area contributed by atoms with Crippen LogP contribution in [0.25, 0.3) is 0 Å². The Bertz CT molecular complexity index is 512. The molecule has 0 aromatic carbocycles. The fourth-order valence-corrected chi connectivity index (χ4v) is 5.15. The predicted octanol–water partition coefficient (Wildman–Crippen LogP) is 1.89. The topological polar surface area (TPSA) is 48.1 Å². The van der Waals surface area contributed by atoms with Gasteiger partial charge in [-0.1, -0.05) is 0 Å². The summed E-state index contributed by atoms with van der Waals surface area (Å²) in [6.07, 6.45) is 3.83. The summed E-state index contributed by atoms with van der Waals surface area (Å²) >= 11 is 0. The number of piperazine rings is 1. The molecule has 0 bridgehead atoms. The van der Waals surface area contributed by atoms with Crippen LogP contribution >= 0.6 is 37.2 Å². The van der Waals surface area contributed by atoms with Crippen molar-refractivity contribution in [3.63, 3.8) is 0 Å². The number of piperidine rings is 1. The number of hydrogen-bond donors (Lipinski definition) is 1. The molecule has 9 heteroatoms. The van der Waals surface area contributed by atoms with Gasteiger partial charge >= 0.3 is 0 Å². The summed E-state index contributed by atoms with van der Waals surface area (Å²) in [4.78, 5) is 20.0. The summed E-state index contributed by atoms with van der Waals surface area (Å²) in [6, 6.07) is 0.594. The van der Waals surface area contributed by atoms with Gasteiger partial charge < -0.3 is 15.0 Å². The van der Waals surface area contributed by atoms with Gasteiger partial charge in [-0.05, 0) is 51.6 Å². The summed E-state index contributed by atoms with van der Waals surface area (Å²) in [7, 11) is 0. The van der Waals surface area contributed by atoms with Gasteiger partial charge in [0.05, 0.1) is 12.7 Å². The van der Waals surface area contributed by atoms with E-state index in [1.807, 2.05) is 0 Å². The van der Waals surface area contributed by atoms with Gasteiger partial charge in [-0.2, -0.15) is 0 Å². The van der Waals surface area contributed by atoms with Gasteiger partial charge in [0.25, 0.3) is 0 Å². The SMILES string of the molecule is CC(C)N1CCOC(CN2CCN(C(=O)C3CC34CCNCC4)CC2)C1.Cl.Cl.Cl. The van der Waals surface area contributed by atoms with Crippen molar-refractivity contribution in [3.8, 4) is 0 Å². The van der Waals surface area contributed by atoms with Gasteiger partial charge in [0.1, 0.15) is 0 Å². The second-order valence-corrected chi connectivity index (χ2v) is 9.08. The quantitative estimate of drug-likeness (QED) is 0.676. The van der Waals surface area contributed by atoms with Crippen LogP contribution in [-0.2, 0) is 9.53 Å². The standard InChI is InChI=1S/C20H36N4O2.3ClH/c1-16(2)24-11-12-26-17(15-24)14-22-7-9-23(10-8-22)19(25)18-13-20(18)3-5-21-6-4-20;;;/h16-18,21H,3-15H2,1-2H3;3*1H. The molecule has 6 nitrogen and oxygen atoms in total. The fraction of sp³-hybridized carbons (Fsp3) is 0.950. The van der Waals surface area contributed by atoms with Crippen LogP contribution < -0.4 is 5.32 Å². The zero-order valence-corrected chi connectivity index (χ0v) is 20.3. The van der Waals surface area contributed by atoms with E-state index in [2.05, 4.69) is 33.9 Å². The first-order valence-electron chi connectivity index (χ1n) is 10.6. The Balaban J connectivity index is 0.00000140. The van der Waals surface area contributed by atoms with Crippen molar-refractivity contribution in [1.29, 1.82) is 0 Å². The maximum Gasteiger partial charge on any atom is 0.226 e. The molecule has 3 heterocycles. The molecular weight excluding hydrogens is 435 g/mol. The number of amides is 1. The maximum absolute atomic E-state index is 12.9. The average Bonchev–Trinajstić information content (AvgIpc) is 3.35. The lowest BCUT2D eigenvalue weighted by Gasteiger charge is -2.40. The highest BCUT2D eigenvalue weighted by Crippen LogP contribution is 2.59. The predicted molar refractivity (Wildman–Crippen MR) is 124 cm³/mol. The normalized spacial score (nSPS) is 29.6. The van der Waals surface area contributed by atoms with Crippen molar-refractivity contribution in [3.05, 3.63) is 0 Å². The van der Waals surface area contributed by atoms with Crippen LogP contribution in [0.5, 0.6) is 0 Å². The molecular formula is C20H39Cl3N4O2. The van der Waals surface area contributed by atoms with E-state index in [0.29, 0.717) is 29.4 Å². The van der Waals surface area contributed by atoms with E-state index in [1.165, 1.54) is 12.8 Å². The molecule has 0 radical (unpaired) electrons. The van der Waals surface area contributed by atoms with Crippen molar-refractivity contribution in [1.82, 2.24) is 20.0 Å². The highest BCUT2D eigenvalue weighted by molar-refractivity contribution is 5.86. The van der Waals surface area contributed by atoms with Crippen molar-refractivity contribution in [2.24, 2.45) is 11.3 Å². The Hall–Kier alpha value is 0.180. The first kappa shape index (κ1) is 27.2. The maximum atomic E-state index is 12.9. The van der Waals surface area contributed by atoms with Gasteiger partial charge in [0, 0.05) is 57.8 Å². The summed E-state index contributed by atoms with van der Waals surface area (Å²) in [5, 5.41) is 3.43. The van der Waals surface area contributed by atoms with Gasteiger partial charge in [0.15, 0.2) is 0 Å². The first-order valence-corrected chi connectivity index (χ1v) is 10.6. The lowest BCUT2D eigenvalue weighted by atomic mass is 9.91. The van der Waals surface area contributed by atoms with E-state index < -0.39 is 0 Å². The molecule has 172 valence electrons. The fourth-order valence-electron chi connectivity index (χ4n) is 5.15. The minimum atomic E-state index is 0. The molecule has 1 amide bonds. The highest BCUT2D eigenvalue weighted by Gasteiger charge is 2.58. The molecule has 4 fully saturated rings. The first-order chi connectivity index (χ1) is 12.6. The van der Waals surface area contributed by atoms with Crippen LogP contribution in [0.3, 0.4) is 0 Å². The number of ether oxygens (including phenoxy) is 1. The number of rotatable bonds is 4. The molecule has 2 unspecified atom stereocenters. The molecule has 4 rings (SSSR count). The third-order valence-corrected chi connectivity index (χ3v) is 7.13. The van der Waals surface area contributed by atoms with Crippen molar-refractivity contribution < 1.29 is 9.53 Å². The molecule has 1 aliphatic carbocycles. The van der Waals surface area contributed by atoms with Gasteiger partial charge in [0.2, 0.25) is 5.91 Å². The highest BCUT2D eigenvalue weighted by atomic mass is 35.5. The summed E-state index contributed by atoms with van der Waals surface area (Å²) in [5.41, 5.74) is 0.357. The summed E-state index contributed by atoms with van der Waals surface area (Å²) in [5.74, 6) is 0.754. The minimum absolute atomic E-state index is 0. The van der Waals surface area contributed by atoms with Crippen LogP contribution in [0.4, 0.5) is 0 Å². The van der Waals surface area contributed by atoms with E-state index in [4.69, 9.17) is 4.74 Å². The van der Waals surface area contributed by atoms with E-state index in [1.54, 1.807) is 0 Å². The van der Waals surface area contributed by atoms with Crippen LogP contribution in [0.2, 0.25) is 0 Å². The van der Waals surface area contributed by atoms with E-state index in [-0.39, 0.29) is 37.2 Å². The molecule has 3 aliphatic heterocycles. The Morgan fingerprint density at radius 1 is 1.07 bits per heavy atom. The van der Waals surface area contributed by atoms with Gasteiger partial charge in [-0.15, -0.1) is 37.2 Å². The number of carbonyl (C=O) groups excluding carboxylic acids is 1. The molecule has 2 atom stereocenters. The Kier molecular flexibility index (Phi) is 11.0. The summed E-state index contributed by atoms with van der Waals surface area (Å²) in [6.45, 7) is 14.4. The average molecular weight is 474 g/mol. The van der Waals surface area contributed by atoms with Crippen LogP contribution in [-0.4, -0.2) is 98.3 Å². The third-order valence-electron chi connectivity index (χ3n) is 7.13. The molecule has 1 spiro atoms. The van der Waals surface area contributed by atoms with E-state index in [0.717, 1.165) is 71.9 Å². The number of nitrogens with one attached hydrogen (secondary N) is 1. The second kappa shape index (κ2) is 11.7.